The molecule has 0 amide bonds. The van der Waals surface area contributed by atoms with E-state index in [-0.39, 0.29) is 0 Å². The summed E-state index contributed by atoms with van der Waals surface area (Å²) in [5.41, 5.74) is 0. The van der Waals surface area contributed by atoms with Gasteiger partial charge in [-0.05, 0) is 56.3 Å². The second-order valence-corrected chi connectivity index (χ2v) is 6.09. The zero-order valence-corrected chi connectivity index (χ0v) is 12.5. The van der Waals surface area contributed by atoms with Crippen LogP contribution in [0.4, 0.5) is 0 Å². The Kier molecular flexibility index (Phi) is 5.45. The maximum atomic E-state index is 2.54. The first kappa shape index (κ1) is 13.8. The third-order valence-corrected chi connectivity index (χ3v) is 5.13. The van der Waals surface area contributed by atoms with Gasteiger partial charge < -0.3 is 4.90 Å². The first-order valence-corrected chi connectivity index (χ1v) is 8.15. The number of allylic oxidation sites excluding steroid dienone is 2. The van der Waals surface area contributed by atoms with E-state index >= 15 is 0 Å². The SMILES string of the molecule is CCN(CC)CC[C@H](c1cccs1)[C@H]1C=CCC1. The van der Waals surface area contributed by atoms with Crippen LogP contribution in [0.5, 0.6) is 0 Å². The van der Waals surface area contributed by atoms with E-state index in [1.165, 1.54) is 38.9 Å². The minimum Gasteiger partial charge on any atom is -0.304 e. The van der Waals surface area contributed by atoms with E-state index in [0.29, 0.717) is 0 Å². The monoisotopic (exact) mass is 263 g/mol. The van der Waals surface area contributed by atoms with Gasteiger partial charge in [-0.3, -0.25) is 0 Å². The largest absolute Gasteiger partial charge is 0.304 e. The van der Waals surface area contributed by atoms with Gasteiger partial charge in [0.2, 0.25) is 0 Å². The number of nitrogens with zero attached hydrogens (tertiary/aromatic N) is 1. The van der Waals surface area contributed by atoms with Crippen molar-refractivity contribution in [2.45, 2.75) is 39.0 Å². The van der Waals surface area contributed by atoms with Crippen LogP contribution in [0.1, 0.15) is 43.9 Å². The molecule has 0 radical (unpaired) electrons. The van der Waals surface area contributed by atoms with E-state index in [2.05, 4.69) is 48.4 Å². The Morgan fingerprint density at radius 2 is 2.22 bits per heavy atom. The summed E-state index contributed by atoms with van der Waals surface area (Å²) >= 11 is 1.93. The molecule has 1 aromatic heterocycles. The standard InChI is InChI=1S/C16H25NS/c1-3-17(4-2)12-11-15(14-8-5-6-9-14)16-10-7-13-18-16/h5,7-8,10,13-15H,3-4,6,9,11-12H2,1-2H3/t14-,15-/m0/s1. The molecule has 1 heterocycles. The van der Waals surface area contributed by atoms with Gasteiger partial charge >= 0.3 is 0 Å². The zero-order chi connectivity index (χ0) is 12.8. The van der Waals surface area contributed by atoms with Crippen LogP contribution in [0.2, 0.25) is 0 Å². The van der Waals surface area contributed by atoms with Crippen molar-refractivity contribution in [1.82, 2.24) is 4.90 Å². The molecule has 0 spiro atoms. The highest BCUT2D eigenvalue weighted by Crippen LogP contribution is 2.37. The van der Waals surface area contributed by atoms with Gasteiger partial charge in [0.25, 0.3) is 0 Å². The van der Waals surface area contributed by atoms with Crippen molar-refractivity contribution in [2.75, 3.05) is 19.6 Å². The van der Waals surface area contributed by atoms with Gasteiger partial charge in [-0.15, -0.1) is 11.3 Å². The van der Waals surface area contributed by atoms with Gasteiger partial charge in [-0.1, -0.05) is 32.1 Å². The Morgan fingerprint density at radius 1 is 1.39 bits per heavy atom. The van der Waals surface area contributed by atoms with Crippen LogP contribution >= 0.6 is 11.3 Å². The number of rotatable bonds is 7. The van der Waals surface area contributed by atoms with Crippen LogP contribution in [0.3, 0.4) is 0 Å². The molecule has 1 aromatic rings. The van der Waals surface area contributed by atoms with Crippen molar-refractivity contribution in [2.24, 2.45) is 5.92 Å². The summed E-state index contributed by atoms with van der Waals surface area (Å²) in [6.07, 6.45) is 8.74. The Morgan fingerprint density at radius 3 is 2.78 bits per heavy atom. The highest BCUT2D eigenvalue weighted by Gasteiger charge is 2.24. The third kappa shape index (κ3) is 3.46. The maximum Gasteiger partial charge on any atom is 0.00825 e. The molecule has 0 bridgehead atoms. The molecule has 1 aliphatic carbocycles. The maximum absolute atomic E-state index is 2.54. The van der Waals surface area contributed by atoms with Crippen molar-refractivity contribution < 1.29 is 0 Å². The van der Waals surface area contributed by atoms with Crippen molar-refractivity contribution in [3.05, 3.63) is 34.5 Å². The molecule has 0 fully saturated rings. The highest BCUT2D eigenvalue weighted by molar-refractivity contribution is 7.10. The topological polar surface area (TPSA) is 3.24 Å². The average Bonchev–Trinajstić information content (AvgIpc) is 3.07. The Labute approximate surface area is 116 Å². The Hall–Kier alpha value is -0.600. The lowest BCUT2D eigenvalue weighted by Gasteiger charge is -2.25. The smallest absolute Gasteiger partial charge is 0.00825 e. The summed E-state index contributed by atoms with van der Waals surface area (Å²) in [4.78, 5) is 4.12. The molecule has 0 saturated heterocycles. The van der Waals surface area contributed by atoms with E-state index in [0.717, 1.165) is 11.8 Å². The molecule has 1 aliphatic rings. The van der Waals surface area contributed by atoms with Crippen LogP contribution in [0, 0.1) is 5.92 Å². The lowest BCUT2D eigenvalue weighted by molar-refractivity contribution is 0.280. The summed E-state index contributed by atoms with van der Waals surface area (Å²) < 4.78 is 0. The fourth-order valence-corrected chi connectivity index (χ4v) is 3.86. The summed E-state index contributed by atoms with van der Waals surface area (Å²) in [5.74, 6) is 1.52. The van der Waals surface area contributed by atoms with E-state index < -0.39 is 0 Å². The second-order valence-electron chi connectivity index (χ2n) is 5.11. The average molecular weight is 263 g/mol. The molecular formula is C16H25NS. The Balaban J connectivity index is 1.99. The van der Waals surface area contributed by atoms with E-state index in [9.17, 15) is 0 Å². The fourth-order valence-electron chi connectivity index (χ4n) is 2.92. The normalized spacial score (nSPS) is 20.7. The van der Waals surface area contributed by atoms with Gasteiger partial charge in [-0.25, -0.2) is 0 Å². The molecule has 0 aliphatic heterocycles. The number of hydrogen-bond acceptors (Lipinski definition) is 2. The minimum absolute atomic E-state index is 0.740. The van der Waals surface area contributed by atoms with Crippen molar-refractivity contribution in [1.29, 1.82) is 0 Å². The van der Waals surface area contributed by atoms with Crippen molar-refractivity contribution in [3.8, 4) is 0 Å². The molecule has 1 nitrogen and oxygen atoms in total. The molecule has 2 rings (SSSR count). The van der Waals surface area contributed by atoms with Crippen LogP contribution in [-0.4, -0.2) is 24.5 Å². The molecule has 0 saturated carbocycles. The second kappa shape index (κ2) is 7.10. The lowest BCUT2D eigenvalue weighted by atomic mass is 9.87. The third-order valence-electron chi connectivity index (χ3n) is 4.13. The van der Waals surface area contributed by atoms with E-state index in [4.69, 9.17) is 0 Å². The summed E-state index contributed by atoms with van der Waals surface area (Å²) in [5, 5.41) is 2.22. The quantitative estimate of drug-likeness (QED) is 0.653. The zero-order valence-electron chi connectivity index (χ0n) is 11.6. The molecular weight excluding hydrogens is 238 g/mol. The van der Waals surface area contributed by atoms with Gasteiger partial charge in [0.05, 0.1) is 0 Å². The van der Waals surface area contributed by atoms with Gasteiger partial charge in [0, 0.05) is 10.8 Å². The minimum atomic E-state index is 0.740. The number of hydrogen-bond donors (Lipinski definition) is 0. The van der Waals surface area contributed by atoms with Gasteiger partial charge in [-0.2, -0.15) is 0 Å². The molecule has 2 heteroatoms. The summed E-state index contributed by atoms with van der Waals surface area (Å²) in [6, 6.07) is 4.52. The van der Waals surface area contributed by atoms with Crippen LogP contribution < -0.4 is 0 Å². The first-order chi connectivity index (χ1) is 8.85. The Bertz CT molecular complexity index is 351. The molecule has 0 unspecified atom stereocenters. The van der Waals surface area contributed by atoms with E-state index in [1.54, 1.807) is 4.88 Å². The molecule has 0 aromatic carbocycles. The number of thiophene rings is 1. The predicted octanol–water partition coefficient (Wildman–Crippen LogP) is 4.53. The summed E-state index contributed by atoms with van der Waals surface area (Å²) in [6.45, 7) is 8.11. The van der Waals surface area contributed by atoms with E-state index in [1.807, 2.05) is 11.3 Å². The first-order valence-electron chi connectivity index (χ1n) is 7.27. The van der Waals surface area contributed by atoms with Crippen molar-refractivity contribution in [3.63, 3.8) is 0 Å². The lowest BCUT2D eigenvalue weighted by Crippen LogP contribution is -2.26. The van der Waals surface area contributed by atoms with Crippen LogP contribution in [0.25, 0.3) is 0 Å². The molecule has 100 valence electrons. The van der Waals surface area contributed by atoms with Gasteiger partial charge in [0.15, 0.2) is 0 Å². The van der Waals surface area contributed by atoms with Crippen molar-refractivity contribution >= 4 is 11.3 Å². The summed E-state index contributed by atoms with van der Waals surface area (Å²) in [7, 11) is 0. The molecule has 2 atom stereocenters. The van der Waals surface area contributed by atoms with Crippen LogP contribution in [-0.2, 0) is 0 Å². The molecule has 18 heavy (non-hydrogen) atoms. The highest BCUT2D eigenvalue weighted by atomic mass is 32.1. The van der Waals surface area contributed by atoms with Gasteiger partial charge in [0.1, 0.15) is 0 Å². The fraction of sp³-hybridized carbons (Fsp3) is 0.625. The predicted molar refractivity (Wildman–Crippen MR) is 81.3 cm³/mol. The van der Waals surface area contributed by atoms with Crippen LogP contribution in [0.15, 0.2) is 29.7 Å². The molecule has 0 N–H and O–H groups in total.